The molecule has 0 aliphatic rings. The van der Waals surface area contributed by atoms with E-state index >= 15 is 0 Å². The highest BCUT2D eigenvalue weighted by atomic mass is 16.5. The van der Waals surface area contributed by atoms with E-state index in [9.17, 15) is 19.5 Å². The number of carboxylic acids is 1. The van der Waals surface area contributed by atoms with Gasteiger partial charge in [0.2, 0.25) is 0 Å². The van der Waals surface area contributed by atoms with E-state index in [1.165, 1.54) is 4.90 Å². The molecule has 0 saturated heterocycles. The Balaban J connectivity index is 0.00000552. The second-order valence-corrected chi connectivity index (χ2v) is 10.1. The van der Waals surface area contributed by atoms with E-state index in [1.54, 1.807) is 42.7 Å². The summed E-state index contributed by atoms with van der Waals surface area (Å²) >= 11 is 0. The number of carbonyl (C=O) groups excluding carboxylic acids is 2. The van der Waals surface area contributed by atoms with Crippen molar-refractivity contribution in [2.24, 2.45) is 12.1 Å². The number of amides is 2. The molecule has 5 N–H and O–H groups in total. The first-order valence-corrected chi connectivity index (χ1v) is 14.6. The molecule has 0 aliphatic carbocycles. The summed E-state index contributed by atoms with van der Waals surface area (Å²) in [5, 5.41) is 16.5. The van der Waals surface area contributed by atoms with Crippen molar-refractivity contribution in [3.63, 3.8) is 0 Å². The number of hydrazone groups is 1. The quantitative estimate of drug-likeness (QED) is 0.0988. The molecule has 13 nitrogen and oxygen atoms in total. The van der Waals surface area contributed by atoms with Crippen LogP contribution in [-0.2, 0) is 23.1 Å². The third kappa shape index (κ3) is 9.86. The number of aliphatic carboxylic acids is 1. The lowest BCUT2D eigenvalue weighted by molar-refractivity contribution is -0.136. The fraction of sp³-hybridized carbons (Fsp3) is 0.312. The number of unbranched alkanes of at least 4 members (excludes halogenated alkanes) is 3. The molecule has 4 rings (SSSR count). The predicted molar refractivity (Wildman–Crippen MR) is 172 cm³/mol. The van der Waals surface area contributed by atoms with Crippen molar-refractivity contribution >= 4 is 46.7 Å². The van der Waals surface area contributed by atoms with Gasteiger partial charge in [-0.1, -0.05) is 44.4 Å². The Morgan fingerprint density at radius 1 is 1.07 bits per heavy atom. The number of carboxylic acid groups (broad SMARTS) is 1. The molecule has 0 fully saturated rings. The highest BCUT2D eigenvalue weighted by molar-refractivity contribution is 6.07. The monoisotopic (exact) mass is 617 g/mol. The SMILES string of the molecule is CCCCCCOC(=O)NN=Cc1ccc(NCc2nc3cc(C(=O)N(CCC(=O)O)c4ccccn4)ccc3n2C)cc1.O. The Morgan fingerprint density at radius 3 is 2.58 bits per heavy atom. The molecule has 238 valence electrons. The average molecular weight is 618 g/mol. The number of aryl methyl sites for hydroxylation is 1. The number of carbonyl (C=O) groups is 3. The van der Waals surface area contributed by atoms with Gasteiger partial charge < -0.3 is 25.2 Å². The number of benzene rings is 2. The van der Waals surface area contributed by atoms with Gasteiger partial charge in [0, 0.05) is 31.0 Å². The van der Waals surface area contributed by atoms with Crippen LogP contribution in [0.3, 0.4) is 0 Å². The zero-order valence-electron chi connectivity index (χ0n) is 25.4. The number of rotatable bonds is 15. The molecule has 0 unspecified atom stereocenters. The van der Waals surface area contributed by atoms with Crippen LogP contribution in [0.25, 0.3) is 11.0 Å². The smallest absolute Gasteiger partial charge is 0.427 e. The van der Waals surface area contributed by atoms with Gasteiger partial charge in [-0.2, -0.15) is 5.10 Å². The van der Waals surface area contributed by atoms with Gasteiger partial charge in [-0.15, -0.1) is 0 Å². The molecule has 2 heterocycles. The molecule has 0 saturated carbocycles. The zero-order valence-corrected chi connectivity index (χ0v) is 25.4. The summed E-state index contributed by atoms with van der Waals surface area (Å²) in [4.78, 5) is 46.7. The number of nitrogens with zero attached hydrogens (tertiary/aromatic N) is 5. The van der Waals surface area contributed by atoms with Gasteiger partial charge in [0.15, 0.2) is 0 Å². The van der Waals surface area contributed by atoms with Crippen molar-refractivity contribution in [2.75, 3.05) is 23.4 Å². The van der Waals surface area contributed by atoms with E-state index in [1.807, 2.05) is 41.9 Å². The molecule has 0 bridgehead atoms. The van der Waals surface area contributed by atoms with Gasteiger partial charge in [0.1, 0.15) is 11.6 Å². The number of pyridine rings is 1. The molecule has 0 spiro atoms. The first kappa shape index (κ1) is 34.2. The Bertz CT molecular complexity index is 1590. The predicted octanol–water partition coefficient (Wildman–Crippen LogP) is 4.52. The van der Waals surface area contributed by atoms with Crippen LogP contribution in [-0.4, -0.2) is 62.5 Å². The summed E-state index contributed by atoms with van der Waals surface area (Å²) in [5.41, 5.74) is 5.93. The standard InChI is InChI=1S/C32H37N7O5.H2O/c1-3-4-5-8-19-44-32(43)37-35-21-23-10-13-25(14-11-23)34-22-29-36-26-20-24(12-15-27(26)38(29)2)31(42)39(18-16-30(40)41)28-9-6-7-17-33-28;/h6-7,9-15,17,20-21,34H,3-5,8,16,18-19,22H2,1-2H3,(H,37,43)(H,40,41);1H2. The Morgan fingerprint density at radius 2 is 1.87 bits per heavy atom. The van der Waals surface area contributed by atoms with E-state index in [2.05, 4.69) is 27.8 Å². The molecule has 13 heteroatoms. The molecule has 2 amide bonds. The van der Waals surface area contributed by atoms with Crippen molar-refractivity contribution in [1.29, 1.82) is 0 Å². The summed E-state index contributed by atoms with van der Waals surface area (Å²) in [6.07, 6.45) is 6.46. The normalized spacial score (nSPS) is 10.8. The van der Waals surface area contributed by atoms with Crippen molar-refractivity contribution in [3.8, 4) is 0 Å². The number of ether oxygens (including phenoxy) is 1. The number of fused-ring (bicyclic) bond motifs is 1. The van der Waals surface area contributed by atoms with Crippen LogP contribution in [0, 0.1) is 0 Å². The van der Waals surface area contributed by atoms with E-state index in [0.29, 0.717) is 30.0 Å². The number of nitrogens with one attached hydrogen (secondary N) is 2. The van der Waals surface area contributed by atoms with Gasteiger partial charge in [-0.3, -0.25) is 14.5 Å². The molecular weight excluding hydrogens is 578 g/mol. The lowest BCUT2D eigenvalue weighted by Crippen LogP contribution is -2.33. The first-order chi connectivity index (χ1) is 21.4. The molecule has 0 aliphatic heterocycles. The molecule has 4 aromatic rings. The average Bonchev–Trinajstić information content (AvgIpc) is 3.35. The summed E-state index contributed by atoms with van der Waals surface area (Å²) in [6, 6.07) is 17.9. The second-order valence-electron chi connectivity index (χ2n) is 10.1. The van der Waals surface area contributed by atoms with Crippen LogP contribution < -0.4 is 15.6 Å². The fourth-order valence-corrected chi connectivity index (χ4v) is 4.49. The minimum absolute atomic E-state index is 0. The third-order valence-electron chi connectivity index (χ3n) is 6.90. The summed E-state index contributed by atoms with van der Waals surface area (Å²) in [5.74, 6) is -0.203. The van der Waals surface area contributed by atoms with Gasteiger partial charge in [-0.25, -0.2) is 20.2 Å². The number of aromatic nitrogens is 3. The summed E-state index contributed by atoms with van der Waals surface area (Å²) in [6.45, 7) is 2.94. The maximum absolute atomic E-state index is 13.4. The van der Waals surface area contributed by atoms with Gasteiger partial charge in [0.05, 0.1) is 36.8 Å². The van der Waals surface area contributed by atoms with Crippen LogP contribution >= 0.6 is 0 Å². The topological polar surface area (TPSA) is 183 Å². The molecule has 0 atom stereocenters. The summed E-state index contributed by atoms with van der Waals surface area (Å²) in [7, 11) is 1.91. The van der Waals surface area contributed by atoms with E-state index in [0.717, 1.165) is 48.3 Å². The molecule has 2 aromatic heterocycles. The van der Waals surface area contributed by atoms with E-state index < -0.39 is 12.1 Å². The van der Waals surface area contributed by atoms with Crippen LogP contribution in [0.15, 0.2) is 72.0 Å². The van der Waals surface area contributed by atoms with Crippen LogP contribution in [0.1, 0.15) is 60.8 Å². The van der Waals surface area contributed by atoms with Gasteiger partial charge >= 0.3 is 12.1 Å². The number of hydrogen-bond donors (Lipinski definition) is 3. The van der Waals surface area contributed by atoms with Crippen molar-refractivity contribution < 1.29 is 29.7 Å². The molecule has 0 radical (unpaired) electrons. The van der Waals surface area contributed by atoms with Crippen LogP contribution in [0.5, 0.6) is 0 Å². The number of imidazole rings is 1. The largest absolute Gasteiger partial charge is 0.481 e. The van der Waals surface area contributed by atoms with Crippen molar-refractivity contribution in [2.45, 2.75) is 45.6 Å². The van der Waals surface area contributed by atoms with Crippen molar-refractivity contribution in [1.82, 2.24) is 20.0 Å². The van der Waals surface area contributed by atoms with E-state index in [-0.39, 0.29) is 24.3 Å². The Labute approximate surface area is 261 Å². The highest BCUT2D eigenvalue weighted by Gasteiger charge is 2.21. The Hall–Kier alpha value is -5.30. The second kappa shape index (κ2) is 17.1. The summed E-state index contributed by atoms with van der Waals surface area (Å²) < 4.78 is 7.04. The fourth-order valence-electron chi connectivity index (χ4n) is 4.49. The number of anilines is 2. The van der Waals surface area contributed by atoms with E-state index in [4.69, 9.17) is 9.72 Å². The lowest BCUT2D eigenvalue weighted by Gasteiger charge is -2.21. The van der Waals surface area contributed by atoms with Crippen molar-refractivity contribution in [3.05, 3.63) is 83.8 Å². The minimum atomic E-state index is -0.999. The molecule has 2 aromatic carbocycles. The maximum Gasteiger partial charge on any atom is 0.427 e. The molecule has 45 heavy (non-hydrogen) atoms. The number of hydrogen-bond acceptors (Lipinski definition) is 8. The highest BCUT2D eigenvalue weighted by Crippen LogP contribution is 2.21. The van der Waals surface area contributed by atoms with Gasteiger partial charge in [-0.05, 0) is 54.4 Å². The lowest BCUT2D eigenvalue weighted by atomic mass is 10.1. The molecular formula is C32H39N7O6. The van der Waals surface area contributed by atoms with Gasteiger partial charge in [0.25, 0.3) is 5.91 Å². The maximum atomic E-state index is 13.4. The minimum Gasteiger partial charge on any atom is -0.481 e. The Kier molecular flexibility index (Phi) is 13.0. The zero-order chi connectivity index (χ0) is 31.3. The van der Waals surface area contributed by atoms with Crippen LogP contribution in [0.2, 0.25) is 0 Å². The third-order valence-corrected chi connectivity index (χ3v) is 6.90. The first-order valence-electron chi connectivity index (χ1n) is 14.6. The van der Waals surface area contributed by atoms with Crippen LogP contribution in [0.4, 0.5) is 16.3 Å².